The molecule has 0 saturated heterocycles. The van der Waals surface area contributed by atoms with E-state index in [0.29, 0.717) is 28.1 Å². The minimum Gasteiger partial charge on any atom is -0.299 e. The summed E-state index contributed by atoms with van der Waals surface area (Å²) in [6.07, 6.45) is 1.76. The number of nitrogens with zero attached hydrogens (tertiary/aromatic N) is 2. The molecule has 1 aromatic heterocycles. The van der Waals surface area contributed by atoms with Gasteiger partial charge in [0.25, 0.3) is 0 Å². The third-order valence-electron chi connectivity index (χ3n) is 6.95. The lowest BCUT2D eigenvalue weighted by Gasteiger charge is -2.11. The molecule has 4 nitrogen and oxygen atoms in total. The van der Waals surface area contributed by atoms with Gasteiger partial charge in [0.05, 0.1) is 27.3 Å². The van der Waals surface area contributed by atoms with E-state index in [-0.39, 0.29) is 30.0 Å². The second-order valence-corrected chi connectivity index (χ2v) is 10.1. The van der Waals surface area contributed by atoms with Crippen molar-refractivity contribution in [3.8, 4) is 0 Å². The fraction of sp³-hybridized carbons (Fsp3) is 0.267. The van der Waals surface area contributed by atoms with Crippen LogP contribution in [0, 0.1) is 0 Å². The van der Waals surface area contributed by atoms with Crippen LogP contribution in [0.25, 0.3) is 11.0 Å². The lowest BCUT2D eigenvalue weighted by Crippen LogP contribution is -2.10. The number of hydrogen-bond acceptors (Lipinski definition) is 4. The lowest BCUT2D eigenvalue weighted by atomic mass is 9.98. The highest BCUT2D eigenvalue weighted by Gasteiger charge is 2.33. The molecule has 4 aromatic rings. The maximum atomic E-state index is 13.1. The highest BCUT2D eigenvalue weighted by Crippen LogP contribution is 2.35. The molecule has 1 aliphatic rings. The molecule has 1 fully saturated rings. The third-order valence-corrected chi connectivity index (χ3v) is 7.28. The minimum atomic E-state index is -4.59. The standard InChI is InChI=1S/C30H24ClF3N2O2/c31-25-11-7-19(15-24(25)30(32,33)34)14-23(37)13-18-5-8-21(9-6-18)29(38)22-10-12-26-27(16-22)36-28(17-35-26)20-3-1-2-4-20/h5-12,15-17,20H,1-4,13-14H2. The summed E-state index contributed by atoms with van der Waals surface area (Å²) in [6.45, 7) is 0. The Balaban J connectivity index is 1.27. The maximum Gasteiger partial charge on any atom is 0.417 e. The van der Waals surface area contributed by atoms with Crippen molar-refractivity contribution in [2.45, 2.75) is 50.6 Å². The van der Waals surface area contributed by atoms with E-state index >= 15 is 0 Å². The fourth-order valence-electron chi connectivity index (χ4n) is 4.94. The first-order valence-corrected chi connectivity index (χ1v) is 12.8. The van der Waals surface area contributed by atoms with E-state index < -0.39 is 16.8 Å². The second-order valence-electron chi connectivity index (χ2n) is 9.71. The van der Waals surface area contributed by atoms with Gasteiger partial charge in [0.1, 0.15) is 5.78 Å². The molecular weight excluding hydrogens is 513 g/mol. The third kappa shape index (κ3) is 5.78. The lowest BCUT2D eigenvalue weighted by molar-refractivity contribution is -0.137. The Morgan fingerprint density at radius 3 is 2.21 bits per heavy atom. The van der Waals surface area contributed by atoms with E-state index in [4.69, 9.17) is 16.6 Å². The van der Waals surface area contributed by atoms with E-state index in [0.717, 1.165) is 36.2 Å². The average Bonchev–Trinajstić information content (AvgIpc) is 3.44. The Kier molecular flexibility index (Phi) is 7.30. The fourth-order valence-corrected chi connectivity index (χ4v) is 5.17. The Morgan fingerprint density at radius 1 is 0.842 bits per heavy atom. The molecule has 0 amide bonds. The monoisotopic (exact) mass is 536 g/mol. The molecule has 1 aliphatic carbocycles. The number of ketones is 2. The zero-order valence-electron chi connectivity index (χ0n) is 20.4. The summed E-state index contributed by atoms with van der Waals surface area (Å²) in [5.41, 5.74) is 3.33. The van der Waals surface area contributed by atoms with Crippen LogP contribution >= 0.6 is 11.6 Å². The van der Waals surface area contributed by atoms with Crippen LogP contribution in [0.2, 0.25) is 5.02 Å². The number of benzene rings is 3. The van der Waals surface area contributed by atoms with Gasteiger partial charge in [-0.15, -0.1) is 0 Å². The van der Waals surface area contributed by atoms with Gasteiger partial charge in [-0.05, 0) is 54.3 Å². The molecule has 1 heterocycles. The van der Waals surface area contributed by atoms with Crippen LogP contribution in [0.3, 0.4) is 0 Å². The molecular formula is C30H24ClF3N2O2. The molecule has 0 aliphatic heterocycles. The summed E-state index contributed by atoms with van der Waals surface area (Å²) in [6, 6.07) is 15.5. The van der Waals surface area contributed by atoms with Crippen molar-refractivity contribution in [2.75, 3.05) is 0 Å². The van der Waals surface area contributed by atoms with E-state index in [2.05, 4.69) is 4.98 Å². The van der Waals surface area contributed by atoms with Gasteiger partial charge in [-0.25, -0.2) is 4.98 Å². The van der Waals surface area contributed by atoms with Gasteiger partial charge in [-0.1, -0.05) is 54.8 Å². The number of hydrogen-bond donors (Lipinski definition) is 0. The molecule has 0 unspecified atom stereocenters. The van der Waals surface area contributed by atoms with Gasteiger partial charge in [0, 0.05) is 36.1 Å². The summed E-state index contributed by atoms with van der Waals surface area (Å²) >= 11 is 5.66. The van der Waals surface area contributed by atoms with Gasteiger partial charge in [0.15, 0.2) is 5.78 Å². The SMILES string of the molecule is O=C(Cc1ccc(C(=O)c2ccc3ncc(C4CCCC4)nc3c2)cc1)Cc1ccc(Cl)c(C(F)(F)F)c1. The predicted octanol–water partition coefficient (Wildman–Crippen LogP) is 7.54. The molecule has 0 radical (unpaired) electrons. The summed E-state index contributed by atoms with van der Waals surface area (Å²) in [4.78, 5) is 34.9. The number of alkyl halides is 3. The van der Waals surface area contributed by atoms with Crippen LogP contribution in [-0.2, 0) is 23.8 Å². The molecule has 38 heavy (non-hydrogen) atoms. The van der Waals surface area contributed by atoms with Crippen molar-refractivity contribution in [2.24, 2.45) is 0 Å². The van der Waals surface area contributed by atoms with E-state index in [1.807, 2.05) is 6.20 Å². The number of Topliss-reactive ketones (excluding diaryl/α,β-unsaturated/α-hetero) is 1. The molecule has 3 aromatic carbocycles. The largest absolute Gasteiger partial charge is 0.417 e. The molecule has 0 N–H and O–H groups in total. The van der Waals surface area contributed by atoms with E-state index in [1.54, 1.807) is 42.5 Å². The Hall–Kier alpha value is -3.58. The molecule has 194 valence electrons. The van der Waals surface area contributed by atoms with Crippen LogP contribution in [-0.4, -0.2) is 21.5 Å². The van der Waals surface area contributed by atoms with Gasteiger partial charge in [0.2, 0.25) is 0 Å². The van der Waals surface area contributed by atoms with Crippen LogP contribution in [0.5, 0.6) is 0 Å². The van der Waals surface area contributed by atoms with Crippen molar-refractivity contribution in [3.63, 3.8) is 0 Å². The molecule has 5 rings (SSSR count). The predicted molar refractivity (Wildman–Crippen MR) is 139 cm³/mol. The van der Waals surface area contributed by atoms with Crippen molar-refractivity contribution < 1.29 is 22.8 Å². The number of halogens is 4. The molecule has 8 heteroatoms. The number of carbonyl (C=O) groups excluding carboxylic acids is 2. The Morgan fingerprint density at radius 2 is 1.50 bits per heavy atom. The molecule has 1 saturated carbocycles. The first-order chi connectivity index (χ1) is 18.2. The molecule has 0 spiro atoms. The van der Waals surface area contributed by atoms with Crippen molar-refractivity contribution in [3.05, 3.63) is 105 Å². The first-order valence-electron chi connectivity index (χ1n) is 12.4. The van der Waals surface area contributed by atoms with Gasteiger partial charge >= 0.3 is 6.18 Å². The normalized spacial score (nSPS) is 14.2. The first kappa shape index (κ1) is 26.0. The van der Waals surface area contributed by atoms with Crippen molar-refractivity contribution in [1.29, 1.82) is 0 Å². The van der Waals surface area contributed by atoms with Crippen LogP contribution in [0.4, 0.5) is 13.2 Å². The summed E-state index contributed by atoms with van der Waals surface area (Å²) in [5, 5.41) is -0.401. The van der Waals surface area contributed by atoms with Crippen molar-refractivity contribution >= 4 is 34.2 Å². The highest BCUT2D eigenvalue weighted by molar-refractivity contribution is 6.31. The van der Waals surface area contributed by atoms with Gasteiger partial charge in [-0.2, -0.15) is 13.2 Å². The smallest absolute Gasteiger partial charge is 0.299 e. The quantitative estimate of drug-likeness (QED) is 0.229. The highest BCUT2D eigenvalue weighted by atomic mass is 35.5. The summed E-state index contributed by atoms with van der Waals surface area (Å²) in [7, 11) is 0. The van der Waals surface area contributed by atoms with E-state index in [1.165, 1.54) is 18.9 Å². The molecule has 0 bridgehead atoms. The topological polar surface area (TPSA) is 59.9 Å². The minimum absolute atomic E-state index is 0.0357. The van der Waals surface area contributed by atoms with E-state index in [9.17, 15) is 22.8 Å². The maximum absolute atomic E-state index is 13.1. The van der Waals surface area contributed by atoms with Gasteiger partial charge in [-0.3, -0.25) is 14.6 Å². The van der Waals surface area contributed by atoms with Crippen LogP contribution in [0.15, 0.2) is 66.9 Å². The zero-order chi connectivity index (χ0) is 26.9. The number of aromatic nitrogens is 2. The Labute approximate surface area is 222 Å². The number of rotatable bonds is 7. The summed E-state index contributed by atoms with van der Waals surface area (Å²) < 4.78 is 39.3. The second kappa shape index (κ2) is 10.7. The number of carbonyl (C=O) groups is 2. The Bertz CT molecular complexity index is 1510. The molecule has 0 atom stereocenters. The van der Waals surface area contributed by atoms with Crippen LogP contribution < -0.4 is 0 Å². The summed E-state index contributed by atoms with van der Waals surface area (Å²) in [5.74, 6) is 0.0114. The zero-order valence-corrected chi connectivity index (χ0v) is 21.1. The van der Waals surface area contributed by atoms with Crippen LogP contribution in [0.1, 0.15) is 69.9 Å². The van der Waals surface area contributed by atoms with Gasteiger partial charge < -0.3 is 0 Å². The van der Waals surface area contributed by atoms with Crippen molar-refractivity contribution in [1.82, 2.24) is 9.97 Å². The average molecular weight is 537 g/mol. The number of fused-ring (bicyclic) bond motifs is 1.